The molecule has 1 atom stereocenters. The van der Waals surface area contributed by atoms with E-state index in [2.05, 4.69) is 11.8 Å². The van der Waals surface area contributed by atoms with Crippen molar-refractivity contribution in [1.82, 2.24) is 0 Å². The van der Waals surface area contributed by atoms with Gasteiger partial charge >= 0.3 is 0 Å². The Kier molecular flexibility index (Phi) is 5.70. The summed E-state index contributed by atoms with van der Waals surface area (Å²) in [6.07, 6.45) is 1.20. The summed E-state index contributed by atoms with van der Waals surface area (Å²) in [5.41, 5.74) is 6.25. The van der Waals surface area contributed by atoms with Crippen molar-refractivity contribution in [2.75, 3.05) is 33.0 Å². The van der Waals surface area contributed by atoms with Crippen LogP contribution in [0.5, 0.6) is 5.75 Å². The van der Waals surface area contributed by atoms with Crippen LogP contribution in [-0.4, -0.2) is 39.1 Å². The first-order valence-corrected chi connectivity index (χ1v) is 6.49. The Hall–Kier alpha value is -1.54. The zero-order valence-electron chi connectivity index (χ0n) is 10.9. The van der Waals surface area contributed by atoms with Crippen molar-refractivity contribution < 1.29 is 14.2 Å². The SMILES string of the molecule is NCC#Cc1cccc(OCCOC2CCOC2)c1. The molecule has 0 spiro atoms. The van der Waals surface area contributed by atoms with E-state index >= 15 is 0 Å². The first-order chi connectivity index (χ1) is 9.38. The van der Waals surface area contributed by atoms with Crippen LogP contribution in [0.3, 0.4) is 0 Å². The van der Waals surface area contributed by atoms with E-state index in [9.17, 15) is 0 Å². The molecule has 2 rings (SSSR count). The molecule has 4 heteroatoms. The average Bonchev–Trinajstić information content (AvgIpc) is 2.95. The molecule has 0 saturated carbocycles. The Morgan fingerprint density at radius 1 is 1.37 bits per heavy atom. The second kappa shape index (κ2) is 7.80. The second-order valence-electron chi connectivity index (χ2n) is 4.24. The van der Waals surface area contributed by atoms with Gasteiger partial charge in [0, 0.05) is 12.2 Å². The maximum Gasteiger partial charge on any atom is 0.120 e. The molecule has 0 bridgehead atoms. The normalized spacial score (nSPS) is 17.8. The van der Waals surface area contributed by atoms with Gasteiger partial charge in [0.2, 0.25) is 0 Å². The van der Waals surface area contributed by atoms with Crippen molar-refractivity contribution in [2.24, 2.45) is 5.73 Å². The Balaban J connectivity index is 1.72. The van der Waals surface area contributed by atoms with Crippen LogP contribution < -0.4 is 10.5 Å². The van der Waals surface area contributed by atoms with Crippen LogP contribution in [0, 0.1) is 11.8 Å². The van der Waals surface area contributed by atoms with E-state index < -0.39 is 0 Å². The van der Waals surface area contributed by atoms with Gasteiger partial charge in [-0.15, -0.1) is 0 Å². The lowest BCUT2D eigenvalue weighted by atomic mass is 10.2. The summed E-state index contributed by atoms with van der Waals surface area (Å²) in [7, 11) is 0. The number of rotatable bonds is 5. The highest BCUT2D eigenvalue weighted by atomic mass is 16.6. The maximum atomic E-state index is 5.63. The molecular weight excluding hydrogens is 242 g/mol. The highest BCUT2D eigenvalue weighted by Crippen LogP contribution is 2.13. The molecule has 2 N–H and O–H groups in total. The van der Waals surface area contributed by atoms with Crippen molar-refractivity contribution in [1.29, 1.82) is 0 Å². The first kappa shape index (κ1) is 13.9. The number of nitrogens with two attached hydrogens (primary N) is 1. The Bertz CT molecular complexity index is 444. The highest BCUT2D eigenvalue weighted by molar-refractivity contribution is 5.39. The minimum Gasteiger partial charge on any atom is -0.491 e. The summed E-state index contributed by atoms with van der Waals surface area (Å²) in [6, 6.07) is 7.66. The fourth-order valence-corrected chi connectivity index (χ4v) is 1.84. The van der Waals surface area contributed by atoms with Gasteiger partial charge in [0.15, 0.2) is 0 Å². The highest BCUT2D eigenvalue weighted by Gasteiger charge is 2.15. The van der Waals surface area contributed by atoms with Crippen LogP contribution in [0.25, 0.3) is 0 Å². The van der Waals surface area contributed by atoms with Gasteiger partial charge in [-0.1, -0.05) is 17.9 Å². The molecule has 102 valence electrons. The summed E-state index contributed by atoms with van der Waals surface area (Å²) in [5.74, 6) is 6.60. The molecule has 1 aromatic rings. The van der Waals surface area contributed by atoms with Crippen LogP contribution in [0.1, 0.15) is 12.0 Å². The van der Waals surface area contributed by atoms with Crippen LogP contribution in [0.2, 0.25) is 0 Å². The summed E-state index contributed by atoms with van der Waals surface area (Å²) in [5, 5.41) is 0. The summed E-state index contributed by atoms with van der Waals surface area (Å²) in [4.78, 5) is 0. The fourth-order valence-electron chi connectivity index (χ4n) is 1.84. The van der Waals surface area contributed by atoms with Crippen molar-refractivity contribution in [2.45, 2.75) is 12.5 Å². The fraction of sp³-hybridized carbons (Fsp3) is 0.467. The van der Waals surface area contributed by atoms with Crippen molar-refractivity contribution in [3.8, 4) is 17.6 Å². The predicted octanol–water partition coefficient (Wildman–Crippen LogP) is 1.18. The average molecular weight is 261 g/mol. The van der Waals surface area contributed by atoms with Gasteiger partial charge in [-0.05, 0) is 24.6 Å². The molecule has 0 amide bonds. The Morgan fingerprint density at radius 3 is 3.11 bits per heavy atom. The molecule has 1 fully saturated rings. The van der Waals surface area contributed by atoms with E-state index in [0.29, 0.717) is 26.4 Å². The third-order valence-corrected chi connectivity index (χ3v) is 2.76. The maximum absolute atomic E-state index is 5.63. The molecule has 1 unspecified atom stereocenters. The third kappa shape index (κ3) is 4.92. The molecule has 1 aliphatic rings. The van der Waals surface area contributed by atoms with E-state index in [0.717, 1.165) is 24.3 Å². The lowest BCUT2D eigenvalue weighted by molar-refractivity contribution is 0.0265. The molecule has 1 heterocycles. The van der Waals surface area contributed by atoms with Crippen LogP contribution in [0.4, 0.5) is 0 Å². The van der Waals surface area contributed by atoms with E-state index in [-0.39, 0.29) is 6.10 Å². The van der Waals surface area contributed by atoms with Gasteiger partial charge in [0.25, 0.3) is 0 Å². The number of hydrogen-bond acceptors (Lipinski definition) is 4. The molecule has 19 heavy (non-hydrogen) atoms. The quantitative estimate of drug-likeness (QED) is 0.639. The molecular formula is C15H19NO3. The lowest BCUT2D eigenvalue weighted by Gasteiger charge is -2.10. The van der Waals surface area contributed by atoms with E-state index in [1.807, 2.05) is 24.3 Å². The van der Waals surface area contributed by atoms with Gasteiger partial charge in [0.05, 0.1) is 25.9 Å². The van der Waals surface area contributed by atoms with Gasteiger partial charge in [-0.25, -0.2) is 0 Å². The standard InChI is InChI=1S/C15H19NO3/c16-7-2-4-13-3-1-5-14(11-13)18-9-10-19-15-6-8-17-12-15/h1,3,5,11,15H,6-10,12,16H2. The van der Waals surface area contributed by atoms with E-state index in [4.69, 9.17) is 19.9 Å². The van der Waals surface area contributed by atoms with Crippen LogP contribution >= 0.6 is 0 Å². The van der Waals surface area contributed by atoms with E-state index in [1.54, 1.807) is 0 Å². The van der Waals surface area contributed by atoms with Gasteiger partial charge in [-0.3, -0.25) is 0 Å². The topological polar surface area (TPSA) is 53.7 Å². The zero-order valence-corrected chi connectivity index (χ0v) is 10.9. The van der Waals surface area contributed by atoms with Crippen molar-refractivity contribution in [3.63, 3.8) is 0 Å². The van der Waals surface area contributed by atoms with Gasteiger partial charge in [-0.2, -0.15) is 0 Å². The monoisotopic (exact) mass is 261 g/mol. The van der Waals surface area contributed by atoms with E-state index in [1.165, 1.54) is 0 Å². The largest absolute Gasteiger partial charge is 0.491 e. The predicted molar refractivity (Wildman–Crippen MR) is 73.0 cm³/mol. The summed E-state index contributed by atoms with van der Waals surface area (Å²) in [6.45, 7) is 2.97. The van der Waals surface area contributed by atoms with Crippen LogP contribution in [-0.2, 0) is 9.47 Å². The second-order valence-corrected chi connectivity index (χ2v) is 4.24. The smallest absolute Gasteiger partial charge is 0.120 e. The summed E-state index contributed by atoms with van der Waals surface area (Å²) < 4.78 is 16.5. The first-order valence-electron chi connectivity index (χ1n) is 6.49. The molecule has 0 radical (unpaired) electrons. The number of ether oxygens (including phenoxy) is 3. The molecule has 1 aromatic carbocycles. The zero-order chi connectivity index (χ0) is 13.3. The molecule has 1 saturated heterocycles. The summed E-state index contributed by atoms with van der Waals surface area (Å²) >= 11 is 0. The number of hydrogen-bond donors (Lipinski definition) is 1. The van der Waals surface area contributed by atoms with Gasteiger partial charge < -0.3 is 19.9 Å². The van der Waals surface area contributed by atoms with Crippen molar-refractivity contribution in [3.05, 3.63) is 29.8 Å². The third-order valence-electron chi connectivity index (χ3n) is 2.76. The van der Waals surface area contributed by atoms with Crippen molar-refractivity contribution >= 4 is 0 Å². The minimum absolute atomic E-state index is 0.227. The Morgan fingerprint density at radius 2 is 2.32 bits per heavy atom. The molecule has 0 aliphatic carbocycles. The molecule has 0 aromatic heterocycles. The molecule has 4 nitrogen and oxygen atoms in total. The minimum atomic E-state index is 0.227. The van der Waals surface area contributed by atoms with Gasteiger partial charge in [0.1, 0.15) is 12.4 Å². The number of benzene rings is 1. The Labute approximate surface area is 113 Å². The molecule has 1 aliphatic heterocycles. The lowest BCUT2D eigenvalue weighted by Crippen LogP contribution is -2.17. The van der Waals surface area contributed by atoms with Crippen LogP contribution in [0.15, 0.2) is 24.3 Å².